The third kappa shape index (κ3) is 2.20. The highest BCUT2D eigenvalue weighted by atomic mass is 16.5. The molecule has 0 aliphatic carbocycles. The zero-order valence-electron chi connectivity index (χ0n) is 9.77. The third-order valence-electron chi connectivity index (χ3n) is 2.93. The molecule has 1 aliphatic rings. The highest BCUT2D eigenvalue weighted by Gasteiger charge is 2.21. The van der Waals surface area contributed by atoms with Crippen molar-refractivity contribution in [3.05, 3.63) is 24.4 Å². The number of rotatable bonds is 2. The monoisotopic (exact) mass is 246 g/mol. The number of anilines is 1. The standard InChI is InChI=1S/C12H14N4O2/c17-12(11-7-13-3-4-18-11)15-9-2-1-8-6-14-16-10(8)5-9/h1-2,5-6,11,13H,3-4,7H2,(H,14,16)(H,15,17). The van der Waals surface area contributed by atoms with Gasteiger partial charge in [-0.2, -0.15) is 5.10 Å². The van der Waals surface area contributed by atoms with Crippen molar-refractivity contribution in [2.24, 2.45) is 0 Å². The summed E-state index contributed by atoms with van der Waals surface area (Å²) < 4.78 is 5.39. The molecule has 2 aromatic rings. The first kappa shape index (κ1) is 11.2. The Labute approximate surface area is 104 Å². The smallest absolute Gasteiger partial charge is 0.254 e. The molecule has 1 aromatic carbocycles. The van der Waals surface area contributed by atoms with Crippen LogP contribution < -0.4 is 10.6 Å². The number of hydrogen-bond acceptors (Lipinski definition) is 4. The zero-order valence-corrected chi connectivity index (χ0v) is 9.77. The third-order valence-corrected chi connectivity index (χ3v) is 2.93. The van der Waals surface area contributed by atoms with Crippen LogP contribution in [0.2, 0.25) is 0 Å². The van der Waals surface area contributed by atoms with Crippen LogP contribution in [0.3, 0.4) is 0 Å². The highest BCUT2D eigenvalue weighted by Crippen LogP contribution is 2.16. The van der Waals surface area contributed by atoms with Crippen molar-refractivity contribution in [2.45, 2.75) is 6.10 Å². The molecule has 0 bridgehead atoms. The maximum atomic E-state index is 11.9. The van der Waals surface area contributed by atoms with Crippen molar-refractivity contribution in [1.82, 2.24) is 15.5 Å². The number of aromatic nitrogens is 2. The summed E-state index contributed by atoms with van der Waals surface area (Å²) in [6.07, 6.45) is 1.32. The second-order valence-corrected chi connectivity index (χ2v) is 4.22. The van der Waals surface area contributed by atoms with Crippen LogP contribution in [0, 0.1) is 0 Å². The fourth-order valence-corrected chi connectivity index (χ4v) is 1.97. The van der Waals surface area contributed by atoms with Gasteiger partial charge in [0, 0.05) is 24.2 Å². The Morgan fingerprint density at radius 1 is 1.50 bits per heavy atom. The largest absolute Gasteiger partial charge is 0.366 e. The van der Waals surface area contributed by atoms with E-state index in [1.54, 1.807) is 6.20 Å². The van der Waals surface area contributed by atoms with Crippen molar-refractivity contribution in [3.63, 3.8) is 0 Å². The first-order valence-electron chi connectivity index (χ1n) is 5.89. The Kier molecular flexibility index (Phi) is 2.95. The van der Waals surface area contributed by atoms with Gasteiger partial charge in [0.05, 0.1) is 18.3 Å². The van der Waals surface area contributed by atoms with E-state index >= 15 is 0 Å². The van der Waals surface area contributed by atoms with Crippen molar-refractivity contribution in [2.75, 3.05) is 25.0 Å². The van der Waals surface area contributed by atoms with Crippen molar-refractivity contribution >= 4 is 22.5 Å². The van der Waals surface area contributed by atoms with Gasteiger partial charge in [-0.25, -0.2) is 0 Å². The van der Waals surface area contributed by atoms with Gasteiger partial charge in [-0.3, -0.25) is 9.89 Å². The van der Waals surface area contributed by atoms with Gasteiger partial charge in [0.2, 0.25) is 0 Å². The summed E-state index contributed by atoms with van der Waals surface area (Å²) >= 11 is 0. The molecule has 1 saturated heterocycles. The van der Waals surface area contributed by atoms with E-state index in [0.29, 0.717) is 13.2 Å². The highest BCUT2D eigenvalue weighted by molar-refractivity contribution is 5.96. The Morgan fingerprint density at radius 3 is 3.28 bits per heavy atom. The van der Waals surface area contributed by atoms with E-state index in [0.717, 1.165) is 23.1 Å². The molecule has 1 aromatic heterocycles. The van der Waals surface area contributed by atoms with Gasteiger partial charge in [0.25, 0.3) is 5.91 Å². The lowest BCUT2D eigenvalue weighted by Gasteiger charge is -2.22. The average Bonchev–Trinajstić information content (AvgIpc) is 2.87. The lowest BCUT2D eigenvalue weighted by Crippen LogP contribution is -2.45. The number of carbonyl (C=O) groups excluding carboxylic acids is 1. The van der Waals surface area contributed by atoms with E-state index in [1.807, 2.05) is 18.2 Å². The Hall–Kier alpha value is -1.92. The molecule has 0 radical (unpaired) electrons. The van der Waals surface area contributed by atoms with E-state index in [-0.39, 0.29) is 5.91 Å². The molecule has 1 atom stereocenters. The Morgan fingerprint density at radius 2 is 2.44 bits per heavy atom. The first-order valence-corrected chi connectivity index (χ1v) is 5.89. The number of morpholine rings is 1. The van der Waals surface area contributed by atoms with Gasteiger partial charge in [0.1, 0.15) is 6.10 Å². The van der Waals surface area contributed by atoms with E-state index in [4.69, 9.17) is 4.74 Å². The molecule has 1 fully saturated rings. The van der Waals surface area contributed by atoms with Crippen LogP contribution in [-0.2, 0) is 9.53 Å². The van der Waals surface area contributed by atoms with Gasteiger partial charge >= 0.3 is 0 Å². The SMILES string of the molecule is O=C(Nc1ccc2cn[nH]c2c1)C1CNCCO1. The van der Waals surface area contributed by atoms with Crippen molar-refractivity contribution < 1.29 is 9.53 Å². The predicted molar refractivity (Wildman–Crippen MR) is 67.3 cm³/mol. The summed E-state index contributed by atoms with van der Waals surface area (Å²) in [5.41, 5.74) is 1.64. The predicted octanol–water partition coefficient (Wildman–Crippen LogP) is 0.490. The summed E-state index contributed by atoms with van der Waals surface area (Å²) in [4.78, 5) is 11.9. The van der Waals surface area contributed by atoms with Crippen LogP contribution in [-0.4, -0.2) is 41.9 Å². The number of amides is 1. The van der Waals surface area contributed by atoms with Crippen LogP contribution in [0.15, 0.2) is 24.4 Å². The zero-order chi connectivity index (χ0) is 12.4. The molecule has 0 spiro atoms. The maximum Gasteiger partial charge on any atom is 0.254 e. The molecule has 6 nitrogen and oxygen atoms in total. The molecule has 1 amide bonds. The minimum absolute atomic E-state index is 0.124. The minimum atomic E-state index is -0.420. The second-order valence-electron chi connectivity index (χ2n) is 4.22. The summed E-state index contributed by atoms with van der Waals surface area (Å²) in [6, 6.07) is 5.62. The lowest BCUT2D eigenvalue weighted by molar-refractivity contribution is -0.128. The summed E-state index contributed by atoms with van der Waals surface area (Å²) in [5.74, 6) is -0.124. The van der Waals surface area contributed by atoms with Crippen molar-refractivity contribution in [1.29, 1.82) is 0 Å². The number of ether oxygens (including phenoxy) is 1. The summed E-state index contributed by atoms with van der Waals surface area (Å²) in [5, 5.41) is 13.8. The summed E-state index contributed by atoms with van der Waals surface area (Å²) in [7, 11) is 0. The van der Waals surface area contributed by atoms with Gasteiger partial charge in [-0.15, -0.1) is 0 Å². The number of carbonyl (C=O) groups is 1. The van der Waals surface area contributed by atoms with Crippen LogP contribution in [0.25, 0.3) is 10.9 Å². The van der Waals surface area contributed by atoms with Gasteiger partial charge in [-0.1, -0.05) is 0 Å². The molecule has 94 valence electrons. The van der Waals surface area contributed by atoms with E-state index in [2.05, 4.69) is 20.8 Å². The second kappa shape index (κ2) is 4.75. The summed E-state index contributed by atoms with van der Waals surface area (Å²) in [6.45, 7) is 1.92. The molecule has 18 heavy (non-hydrogen) atoms. The minimum Gasteiger partial charge on any atom is -0.366 e. The van der Waals surface area contributed by atoms with Gasteiger partial charge in [0.15, 0.2) is 0 Å². The molecule has 0 saturated carbocycles. The molecule has 1 aliphatic heterocycles. The Balaban J connectivity index is 1.72. The van der Waals surface area contributed by atoms with E-state index in [9.17, 15) is 4.79 Å². The quantitative estimate of drug-likeness (QED) is 0.720. The molecule has 2 heterocycles. The number of benzene rings is 1. The topological polar surface area (TPSA) is 79.0 Å². The van der Waals surface area contributed by atoms with E-state index < -0.39 is 6.10 Å². The number of fused-ring (bicyclic) bond motifs is 1. The molecule has 3 rings (SSSR count). The number of hydrogen-bond donors (Lipinski definition) is 3. The van der Waals surface area contributed by atoms with Crippen LogP contribution in [0.5, 0.6) is 0 Å². The fraction of sp³-hybridized carbons (Fsp3) is 0.333. The van der Waals surface area contributed by atoms with Gasteiger partial charge < -0.3 is 15.4 Å². The molecular formula is C12H14N4O2. The number of nitrogens with zero attached hydrogens (tertiary/aromatic N) is 1. The van der Waals surface area contributed by atoms with Crippen molar-refractivity contribution in [3.8, 4) is 0 Å². The average molecular weight is 246 g/mol. The van der Waals surface area contributed by atoms with Crippen LogP contribution >= 0.6 is 0 Å². The Bertz CT molecular complexity index is 560. The van der Waals surface area contributed by atoms with Crippen LogP contribution in [0.4, 0.5) is 5.69 Å². The molecular weight excluding hydrogens is 232 g/mol. The maximum absolute atomic E-state index is 11.9. The fourth-order valence-electron chi connectivity index (χ4n) is 1.97. The number of H-pyrrole nitrogens is 1. The first-order chi connectivity index (χ1) is 8.83. The normalized spacial score (nSPS) is 19.9. The van der Waals surface area contributed by atoms with Crippen LogP contribution in [0.1, 0.15) is 0 Å². The number of nitrogens with one attached hydrogen (secondary N) is 3. The molecule has 6 heteroatoms. The molecule has 3 N–H and O–H groups in total. The molecule has 1 unspecified atom stereocenters. The lowest BCUT2D eigenvalue weighted by atomic mass is 10.2. The number of aromatic amines is 1. The van der Waals surface area contributed by atoms with Gasteiger partial charge in [-0.05, 0) is 18.2 Å². The van der Waals surface area contributed by atoms with E-state index in [1.165, 1.54) is 0 Å².